The third-order valence-corrected chi connectivity index (χ3v) is 2.45. The van der Waals surface area contributed by atoms with Crippen LogP contribution in [0.3, 0.4) is 0 Å². The highest BCUT2D eigenvalue weighted by molar-refractivity contribution is 5.75. The van der Waals surface area contributed by atoms with Gasteiger partial charge in [-0.25, -0.2) is 0 Å². The summed E-state index contributed by atoms with van der Waals surface area (Å²) in [5, 5.41) is 2.85. The molecule has 0 aliphatic carbocycles. The van der Waals surface area contributed by atoms with Crippen molar-refractivity contribution in [3.63, 3.8) is 0 Å². The molecule has 3 nitrogen and oxygen atoms in total. The Labute approximate surface area is 103 Å². The Kier molecular flexibility index (Phi) is 4.72. The van der Waals surface area contributed by atoms with E-state index in [1.54, 1.807) is 6.92 Å². The lowest BCUT2D eigenvalue weighted by molar-refractivity contribution is -0.142. The number of methoxy groups -OCH3 is 1. The molecule has 0 radical (unpaired) electrons. The molecule has 0 amide bonds. The number of ether oxygens (including phenoxy) is 1. The van der Waals surface area contributed by atoms with Gasteiger partial charge < -0.3 is 10.1 Å². The lowest BCUT2D eigenvalue weighted by Gasteiger charge is -2.12. The van der Waals surface area contributed by atoms with E-state index < -0.39 is 23.8 Å². The van der Waals surface area contributed by atoms with Gasteiger partial charge in [-0.05, 0) is 24.6 Å². The number of hydrogen-bond acceptors (Lipinski definition) is 3. The molecule has 0 heterocycles. The van der Waals surface area contributed by atoms with Gasteiger partial charge in [-0.3, -0.25) is 4.79 Å². The summed E-state index contributed by atoms with van der Waals surface area (Å²) in [7, 11) is 1.28. The van der Waals surface area contributed by atoms with E-state index in [9.17, 15) is 18.0 Å². The minimum absolute atomic E-state index is 0.300. The molecule has 0 saturated carbocycles. The first-order valence-corrected chi connectivity index (χ1v) is 5.32. The van der Waals surface area contributed by atoms with Gasteiger partial charge in [0.25, 0.3) is 0 Å². The monoisotopic (exact) mass is 261 g/mol. The molecule has 6 heteroatoms. The Morgan fingerprint density at radius 1 is 1.33 bits per heavy atom. The second-order valence-corrected chi connectivity index (χ2v) is 3.82. The smallest absolute Gasteiger partial charge is 0.416 e. The third kappa shape index (κ3) is 4.03. The van der Waals surface area contributed by atoms with Gasteiger partial charge in [-0.2, -0.15) is 13.2 Å². The quantitative estimate of drug-likeness (QED) is 0.845. The number of carbonyl (C=O) groups excluding carboxylic acids is 1. The highest BCUT2D eigenvalue weighted by Crippen LogP contribution is 2.28. The third-order valence-electron chi connectivity index (χ3n) is 2.45. The zero-order valence-corrected chi connectivity index (χ0v) is 10.0. The van der Waals surface area contributed by atoms with Crippen LogP contribution in [-0.2, 0) is 22.3 Å². The zero-order valence-electron chi connectivity index (χ0n) is 10.0. The van der Waals surface area contributed by atoms with Crippen molar-refractivity contribution in [3.8, 4) is 0 Å². The fraction of sp³-hybridized carbons (Fsp3) is 0.417. The summed E-state index contributed by atoms with van der Waals surface area (Å²) in [6.45, 7) is 1.92. The van der Waals surface area contributed by atoms with Crippen LogP contribution in [-0.4, -0.2) is 19.1 Å². The zero-order chi connectivity index (χ0) is 13.8. The van der Waals surface area contributed by atoms with Crippen molar-refractivity contribution in [2.45, 2.75) is 25.7 Å². The highest BCUT2D eigenvalue weighted by atomic mass is 19.4. The second-order valence-electron chi connectivity index (χ2n) is 3.82. The van der Waals surface area contributed by atoms with Gasteiger partial charge in [0, 0.05) is 6.54 Å². The van der Waals surface area contributed by atoms with Crippen molar-refractivity contribution in [2.75, 3.05) is 7.11 Å². The van der Waals surface area contributed by atoms with Crippen LogP contribution in [0, 0.1) is 0 Å². The minimum Gasteiger partial charge on any atom is -0.468 e. The van der Waals surface area contributed by atoms with E-state index in [0.717, 1.165) is 12.1 Å². The van der Waals surface area contributed by atoms with E-state index >= 15 is 0 Å². The molecule has 1 atom stereocenters. The van der Waals surface area contributed by atoms with E-state index in [4.69, 9.17) is 0 Å². The first kappa shape index (κ1) is 14.5. The van der Waals surface area contributed by atoms with Crippen LogP contribution in [0.4, 0.5) is 13.2 Å². The number of esters is 1. The number of halogens is 3. The van der Waals surface area contributed by atoms with E-state index in [0.29, 0.717) is 12.1 Å². The molecule has 0 unspecified atom stereocenters. The first-order valence-electron chi connectivity index (χ1n) is 5.32. The van der Waals surface area contributed by atoms with Crippen LogP contribution in [0.1, 0.15) is 18.1 Å². The van der Waals surface area contributed by atoms with Crippen molar-refractivity contribution in [3.05, 3.63) is 35.4 Å². The maximum atomic E-state index is 12.3. The van der Waals surface area contributed by atoms with Crippen LogP contribution in [0.15, 0.2) is 24.3 Å². The summed E-state index contributed by atoms with van der Waals surface area (Å²) < 4.78 is 41.4. The Hall–Kier alpha value is -1.56. The van der Waals surface area contributed by atoms with E-state index in [1.807, 2.05) is 0 Å². The molecule has 1 rings (SSSR count). The fourth-order valence-electron chi connectivity index (χ4n) is 1.34. The SMILES string of the molecule is COC(=O)[C@H](C)NCc1ccc(C(F)(F)F)cc1. The Morgan fingerprint density at radius 2 is 1.89 bits per heavy atom. The van der Waals surface area contributed by atoms with Crippen molar-refractivity contribution in [1.82, 2.24) is 5.32 Å². The molecule has 0 aliphatic rings. The van der Waals surface area contributed by atoms with Gasteiger partial charge in [-0.1, -0.05) is 12.1 Å². The Morgan fingerprint density at radius 3 is 2.33 bits per heavy atom. The van der Waals surface area contributed by atoms with Crippen LogP contribution < -0.4 is 5.32 Å². The van der Waals surface area contributed by atoms with E-state index in [1.165, 1.54) is 19.2 Å². The van der Waals surface area contributed by atoms with Gasteiger partial charge in [0.2, 0.25) is 0 Å². The number of rotatable bonds is 4. The second kappa shape index (κ2) is 5.86. The molecule has 0 bridgehead atoms. The maximum absolute atomic E-state index is 12.3. The van der Waals surface area contributed by atoms with Gasteiger partial charge in [0.05, 0.1) is 12.7 Å². The summed E-state index contributed by atoms with van der Waals surface area (Å²) in [6.07, 6.45) is -4.33. The molecule has 18 heavy (non-hydrogen) atoms. The summed E-state index contributed by atoms with van der Waals surface area (Å²) >= 11 is 0. The summed E-state index contributed by atoms with van der Waals surface area (Å²) in [5.74, 6) is -0.415. The van der Waals surface area contributed by atoms with Gasteiger partial charge in [0.15, 0.2) is 0 Å². The maximum Gasteiger partial charge on any atom is 0.416 e. The Balaban J connectivity index is 2.57. The lowest BCUT2D eigenvalue weighted by Crippen LogP contribution is -2.34. The summed E-state index contributed by atoms with van der Waals surface area (Å²) in [4.78, 5) is 11.1. The first-order chi connectivity index (χ1) is 8.34. The average Bonchev–Trinajstić information content (AvgIpc) is 2.34. The normalized spacial score (nSPS) is 13.2. The van der Waals surface area contributed by atoms with Crippen molar-refractivity contribution in [1.29, 1.82) is 0 Å². The van der Waals surface area contributed by atoms with E-state index in [2.05, 4.69) is 10.1 Å². The minimum atomic E-state index is -4.33. The summed E-state index contributed by atoms with van der Waals surface area (Å²) in [5.41, 5.74) is -0.0222. The molecule has 1 aromatic carbocycles. The Bertz CT molecular complexity index is 401. The molecule has 100 valence electrons. The predicted octanol–water partition coefficient (Wildman–Crippen LogP) is 2.36. The van der Waals surface area contributed by atoms with Gasteiger partial charge in [-0.15, -0.1) is 0 Å². The number of alkyl halides is 3. The van der Waals surface area contributed by atoms with Crippen molar-refractivity contribution in [2.24, 2.45) is 0 Å². The van der Waals surface area contributed by atoms with Crippen molar-refractivity contribution < 1.29 is 22.7 Å². The molecule has 0 fully saturated rings. The van der Waals surface area contributed by atoms with Crippen LogP contribution in [0.5, 0.6) is 0 Å². The predicted molar refractivity (Wildman–Crippen MR) is 59.8 cm³/mol. The largest absolute Gasteiger partial charge is 0.468 e. The molecule has 0 saturated heterocycles. The van der Waals surface area contributed by atoms with Gasteiger partial charge >= 0.3 is 12.1 Å². The summed E-state index contributed by atoms with van der Waals surface area (Å²) in [6, 6.07) is 4.27. The molecular formula is C12H14F3NO2. The number of benzene rings is 1. The van der Waals surface area contributed by atoms with Crippen LogP contribution in [0.2, 0.25) is 0 Å². The topological polar surface area (TPSA) is 38.3 Å². The van der Waals surface area contributed by atoms with E-state index in [-0.39, 0.29) is 0 Å². The van der Waals surface area contributed by atoms with Crippen molar-refractivity contribution >= 4 is 5.97 Å². The van der Waals surface area contributed by atoms with Crippen LogP contribution >= 0.6 is 0 Å². The molecular weight excluding hydrogens is 247 g/mol. The van der Waals surface area contributed by atoms with Crippen LogP contribution in [0.25, 0.3) is 0 Å². The molecule has 1 aromatic rings. The van der Waals surface area contributed by atoms with Gasteiger partial charge in [0.1, 0.15) is 6.04 Å². The molecule has 0 aromatic heterocycles. The number of nitrogens with one attached hydrogen (secondary N) is 1. The lowest BCUT2D eigenvalue weighted by atomic mass is 10.1. The standard InChI is InChI=1S/C12H14F3NO2/c1-8(11(17)18-2)16-7-9-3-5-10(6-4-9)12(13,14)15/h3-6,8,16H,7H2,1-2H3/t8-/m0/s1. The highest BCUT2D eigenvalue weighted by Gasteiger charge is 2.29. The molecule has 0 spiro atoms. The number of carbonyl (C=O) groups is 1. The fourth-order valence-corrected chi connectivity index (χ4v) is 1.34. The molecule has 0 aliphatic heterocycles. The molecule has 1 N–H and O–H groups in total. The number of hydrogen-bond donors (Lipinski definition) is 1. The average molecular weight is 261 g/mol.